The molecule has 1 N–H and O–H groups in total. The lowest BCUT2D eigenvalue weighted by molar-refractivity contribution is -0.133. The number of nitrogens with one attached hydrogen (secondary N) is 1. The first-order chi connectivity index (χ1) is 8.75. The van der Waals surface area contributed by atoms with E-state index in [-0.39, 0.29) is 18.6 Å². The average Bonchev–Trinajstić information content (AvgIpc) is 2.41. The minimum absolute atomic E-state index is 0.0485. The summed E-state index contributed by atoms with van der Waals surface area (Å²) in [4.78, 5) is 11.1. The van der Waals surface area contributed by atoms with E-state index >= 15 is 0 Å². The van der Waals surface area contributed by atoms with Gasteiger partial charge in [-0.2, -0.15) is 0 Å². The summed E-state index contributed by atoms with van der Waals surface area (Å²) < 4.78 is 6.67. The van der Waals surface area contributed by atoms with E-state index in [2.05, 4.69) is 39.4 Å². The number of hydrogen-bond donors (Lipinski definition) is 1. The minimum Gasteiger partial charge on any atom is -0.362 e. The van der Waals surface area contributed by atoms with E-state index in [9.17, 15) is 4.79 Å². The van der Waals surface area contributed by atoms with E-state index in [1.807, 2.05) is 18.2 Å². The summed E-state index contributed by atoms with van der Waals surface area (Å²) in [7, 11) is 0. The second-order valence-corrected chi connectivity index (χ2v) is 5.14. The van der Waals surface area contributed by atoms with E-state index in [1.165, 1.54) is 0 Å². The number of amides is 1. The molecule has 1 amide bonds. The van der Waals surface area contributed by atoms with Gasteiger partial charge in [-0.3, -0.25) is 4.79 Å². The van der Waals surface area contributed by atoms with Gasteiger partial charge in [-0.05, 0) is 22.4 Å². The summed E-state index contributed by atoms with van der Waals surface area (Å²) in [6.07, 6.45) is -0.0688. The van der Waals surface area contributed by atoms with Crippen molar-refractivity contribution in [2.24, 2.45) is 0 Å². The van der Waals surface area contributed by atoms with Gasteiger partial charge in [0.2, 0.25) is 5.91 Å². The molecular weight excluding hydrogens is 294 g/mol. The van der Waals surface area contributed by atoms with Gasteiger partial charge >= 0.3 is 0 Å². The molecule has 4 heteroatoms. The smallest absolute Gasteiger partial charge is 0.246 e. The highest BCUT2D eigenvalue weighted by Gasteiger charge is 2.21. The van der Waals surface area contributed by atoms with Crippen molar-refractivity contribution < 1.29 is 9.53 Å². The van der Waals surface area contributed by atoms with E-state index in [4.69, 9.17) is 4.74 Å². The third-order valence-corrected chi connectivity index (χ3v) is 3.84. The first kappa shape index (κ1) is 11.7. The first-order valence-corrected chi connectivity index (χ1v) is 6.60. The van der Waals surface area contributed by atoms with Crippen molar-refractivity contribution in [3.63, 3.8) is 0 Å². The Morgan fingerprint density at radius 1 is 1.17 bits per heavy atom. The van der Waals surface area contributed by atoms with Crippen LogP contribution >= 0.6 is 15.9 Å². The number of carbonyl (C=O) groups excluding carboxylic acids is 1. The van der Waals surface area contributed by atoms with Gasteiger partial charge in [0.05, 0.1) is 0 Å². The summed E-state index contributed by atoms with van der Waals surface area (Å²) in [6, 6.07) is 12.3. The predicted molar refractivity (Wildman–Crippen MR) is 73.4 cm³/mol. The molecule has 0 unspecified atom stereocenters. The Kier molecular flexibility index (Phi) is 3.06. The molecule has 92 valence electrons. The Hall–Kier alpha value is -1.39. The number of morpholine rings is 1. The van der Waals surface area contributed by atoms with Crippen LogP contribution in [0.15, 0.2) is 40.9 Å². The summed E-state index contributed by atoms with van der Waals surface area (Å²) >= 11 is 3.55. The zero-order valence-electron chi connectivity index (χ0n) is 9.65. The Bertz CT molecular complexity index is 602. The molecule has 1 aliphatic rings. The van der Waals surface area contributed by atoms with Crippen LogP contribution in [0.25, 0.3) is 10.8 Å². The molecule has 1 atom stereocenters. The molecule has 0 aromatic heterocycles. The molecule has 0 aliphatic carbocycles. The highest BCUT2D eigenvalue weighted by molar-refractivity contribution is 9.10. The molecule has 1 aliphatic heterocycles. The van der Waals surface area contributed by atoms with Gasteiger partial charge in [0, 0.05) is 11.0 Å². The van der Waals surface area contributed by atoms with Crippen molar-refractivity contribution >= 4 is 32.6 Å². The number of carbonyl (C=O) groups is 1. The molecule has 0 spiro atoms. The SMILES string of the molecule is O=C1CO[C@@H](c2ccc(Br)c3ccccc23)CN1. The molecule has 1 heterocycles. The average molecular weight is 306 g/mol. The molecule has 3 nitrogen and oxygen atoms in total. The maximum Gasteiger partial charge on any atom is 0.246 e. The van der Waals surface area contributed by atoms with Crippen LogP contribution in [-0.2, 0) is 9.53 Å². The van der Waals surface area contributed by atoms with E-state index in [0.717, 1.165) is 20.8 Å². The molecule has 2 aromatic rings. The molecule has 0 saturated carbocycles. The number of rotatable bonds is 1. The highest BCUT2D eigenvalue weighted by atomic mass is 79.9. The zero-order valence-corrected chi connectivity index (χ0v) is 11.2. The van der Waals surface area contributed by atoms with E-state index < -0.39 is 0 Å². The molecule has 3 rings (SSSR count). The van der Waals surface area contributed by atoms with Crippen LogP contribution in [-0.4, -0.2) is 19.1 Å². The van der Waals surface area contributed by atoms with Crippen LogP contribution in [0, 0.1) is 0 Å². The van der Waals surface area contributed by atoms with Gasteiger partial charge in [-0.1, -0.05) is 46.3 Å². The lowest BCUT2D eigenvalue weighted by atomic mass is 10.00. The molecule has 1 fully saturated rings. The van der Waals surface area contributed by atoms with Crippen molar-refractivity contribution in [2.75, 3.05) is 13.2 Å². The number of benzene rings is 2. The van der Waals surface area contributed by atoms with Gasteiger partial charge in [0.15, 0.2) is 0 Å². The van der Waals surface area contributed by atoms with E-state index in [0.29, 0.717) is 6.54 Å². The van der Waals surface area contributed by atoms with Crippen LogP contribution in [0.4, 0.5) is 0 Å². The standard InChI is InChI=1S/C14H12BrNO2/c15-12-6-5-11(9-3-1-2-4-10(9)12)13-7-16-14(17)8-18-13/h1-6,13H,7-8H2,(H,16,17)/t13-/m1/s1. The third-order valence-electron chi connectivity index (χ3n) is 3.15. The van der Waals surface area contributed by atoms with Gasteiger partial charge in [0.1, 0.15) is 12.7 Å². The molecule has 0 bridgehead atoms. The zero-order chi connectivity index (χ0) is 12.5. The van der Waals surface area contributed by atoms with Crippen LogP contribution in [0.2, 0.25) is 0 Å². The molecule has 1 saturated heterocycles. The summed E-state index contributed by atoms with van der Waals surface area (Å²) in [6.45, 7) is 0.666. The Morgan fingerprint density at radius 2 is 1.94 bits per heavy atom. The summed E-state index contributed by atoms with van der Waals surface area (Å²) in [5.74, 6) is -0.0485. The first-order valence-electron chi connectivity index (χ1n) is 5.81. The summed E-state index contributed by atoms with van der Waals surface area (Å²) in [5, 5.41) is 5.16. The summed E-state index contributed by atoms with van der Waals surface area (Å²) in [5.41, 5.74) is 1.12. The number of fused-ring (bicyclic) bond motifs is 1. The van der Waals surface area contributed by atoms with Crippen LogP contribution in [0.5, 0.6) is 0 Å². The van der Waals surface area contributed by atoms with Crippen molar-refractivity contribution in [3.8, 4) is 0 Å². The highest BCUT2D eigenvalue weighted by Crippen LogP contribution is 2.31. The molecule has 18 heavy (non-hydrogen) atoms. The van der Waals surface area contributed by atoms with Crippen molar-refractivity contribution in [1.29, 1.82) is 0 Å². The maximum atomic E-state index is 11.1. The number of halogens is 1. The molecule has 0 radical (unpaired) electrons. The van der Waals surface area contributed by atoms with Crippen LogP contribution in [0.3, 0.4) is 0 Å². The quantitative estimate of drug-likeness (QED) is 0.880. The largest absolute Gasteiger partial charge is 0.362 e. The monoisotopic (exact) mass is 305 g/mol. The number of ether oxygens (including phenoxy) is 1. The maximum absolute atomic E-state index is 11.1. The van der Waals surface area contributed by atoms with E-state index in [1.54, 1.807) is 0 Å². The predicted octanol–water partition coefficient (Wildman–Crippen LogP) is 2.79. The second kappa shape index (κ2) is 4.71. The van der Waals surface area contributed by atoms with Crippen molar-refractivity contribution in [3.05, 3.63) is 46.4 Å². The van der Waals surface area contributed by atoms with Crippen LogP contribution in [0.1, 0.15) is 11.7 Å². The number of hydrogen-bond acceptors (Lipinski definition) is 2. The lowest BCUT2D eigenvalue weighted by Crippen LogP contribution is -2.38. The normalized spacial score (nSPS) is 19.8. The van der Waals surface area contributed by atoms with Gasteiger partial charge in [-0.25, -0.2) is 0 Å². The fraction of sp³-hybridized carbons (Fsp3) is 0.214. The van der Waals surface area contributed by atoms with Crippen molar-refractivity contribution in [2.45, 2.75) is 6.10 Å². The topological polar surface area (TPSA) is 38.3 Å². The van der Waals surface area contributed by atoms with Gasteiger partial charge in [-0.15, -0.1) is 0 Å². The second-order valence-electron chi connectivity index (χ2n) is 4.29. The molecule has 2 aromatic carbocycles. The Balaban J connectivity index is 2.07. The minimum atomic E-state index is -0.0688. The Labute approximate surface area is 113 Å². The lowest BCUT2D eigenvalue weighted by Gasteiger charge is -2.24. The fourth-order valence-corrected chi connectivity index (χ4v) is 2.74. The van der Waals surface area contributed by atoms with Gasteiger partial charge < -0.3 is 10.1 Å². The van der Waals surface area contributed by atoms with Gasteiger partial charge in [0.25, 0.3) is 0 Å². The Morgan fingerprint density at radius 3 is 2.67 bits per heavy atom. The third kappa shape index (κ3) is 2.02. The fourth-order valence-electron chi connectivity index (χ4n) is 2.26. The van der Waals surface area contributed by atoms with Crippen molar-refractivity contribution in [1.82, 2.24) is 5.32 Å². The molecular formula is C14H12BrNO2. The van der Waals surface area contributed by atoms with Crippen LogP contribution < -0.4 is 5.32 Å².